The van der Waals surface area contributed by atoms with Gasteiger partial charge in [-0.3, -0.25) is 19.4 Å². The number of carbonyl (C=O) groups excluding carboxylic acids is 2. The van der Waals surface area contributed by atoms with E-state index in [1.807, 2.05) is 13.0 Å². The van der Waals surface area contributed by atoms with Crippen molar-refractivity contribution in [3.8, 4) is 5.75 Å². The lowest BCUT2D eigenvalue weighted by Crippen LogP contribution is -2.42. The van der Waals surface area contributed by atoms with Gasteiger partial charge in [0.2, 0.25) is 0 Å². The molecule has 2 aliphatic rings. The van der Waals surface area contributed by atoms with Crippen LogP contribution in [0.5, 0.6) is 5.75 Å². The minimum atomic E-state index is -0.722. The number of ether oxygens (including phenoxy) is 1. The lowest BCUT2D eigenvalue weighted by atomic mass is 9.94. The second kappa shape index (κ2) is 16.0. The number of nitrogens with one attached hydrogen (secondary N) is 2. The number of hydrogen-bond donors (Lipinski definition) is 3. The molecule has 3 aromatic rings. The van der Waals surface area contributed by atoms with E-state index in [2.05, 4.69) is 48.4 Å². The molecule has 2 aromatic heterocycles. The summed E-state index contributed by atoms with van der Waals surface area (Å²) in [6.45, 7) is 8.60. The van der Waals surface area contributed by atoms with Crippen molar-refractivity contribution < 1.29 is 23.8 Å². The Morgan fingerprint density at radius 1 is 1.18 bits per heavy atom. The predicted molar refractivity (Wildman–Crippen MR) is 170 cm³/mol. The average molecular weight is 626 g/mol. The first-order valence-electron chi connectivity index (χ1n) is 15.0. The fourth-order valence-electron chi connectivity index (χ4n) is 5.68. The van der Waals surface area contributed by atoms with E-state index < -0.39 is 6.10 Å². The Balaban J connectivity index is 0.00000442. The first-order valence-corrected chi connectivity index (χ1v) is 15.0. The smallest absolute Gasteiger partial charge is 0.270 e. The molecule has 0 unspecified atom stereocenters. The maximum atomic E-state index is 12.8. The summed E-state index contributed by atoms with van der Waals surface area (Å²) in [7, 11) is 0. The standard InChI is InChI=1S/C31H41N7O5.H2S/c1-3-24(39)16-37-9-6-23(7-10-37)36-30-12-28(34-19-35-30)31(41)33-13-25(40)17-38-11-8-27-21(2)29(5-4-22(27)15-38)42-18-26-14-32-20-43-26;/h4-5,12,14,19-20,23,25,40H,3,6-11,13,15-18H2,1-2H3,(H,33,41)(H,34,35,36);1H2/t25-;/m0./s1. The zero-order chi connectivity index (χ0) is 30.2. The van der Waals surface area contributed by atoms with Gasteiger partial charge in [-0.2, -0.15) is 13.5 Å². The van der Waals surface area contributed by atoms with Gasteiger partial charge in [-0.1, -0.05) is 13.0 Å². The van der Waals surface area contributed by atoms with Crippen molar-refractivity contribution >= 4 is 31.0 Å². The van der Waals surface area contributed by atoms with Crippen LogP contribution in [0.1, 0.15) is 59.1 Å². The number of oxazole rings is 1. The van der Waals surface area contributed by atoms with Gasteiger partial charge in [-0.25, -0.2) is 15.0 Å². The number of hydrogen-bond acceptors (Lipinski definition) is 11. The number of aliphatic hydroxyl groups is 1. The second-order valence-electron chi connectivity index (χ2n) is 11.3. The Morgan fingerprint density at radius 2 is 2.00 bits per heavy atom. The van der Waals surface area contributed by atoms with Crippen molar-refractivity contribution in [1.29, 1.82) is 0 Å². The molecule has 1 amide bonds. The highest BCUT2D eigenvalue weighted by Gasteiger charge is 2.23. The number of β-amino-alcohol motifs (C(OH)–C–C–N with tert-alkyl or cyclic N) is 1. The predicted octanol–water partition coefficient (Wildman–Crippen LogP) is 2.47. The fourth-order valence-corrected chi connectivity index (χ4v) is 5.68. The number of aromatic nitrogens is 3. The van der Waals surface area contributed by atoms with Crippen LogP contribution in [0.2, 0.25) is 0 Å². The number of piperidine rings is 1. The number of benzene rings is 1. The van der Waals surface area contributed by atoms with Crippen LogP contribution in [0.3, 0.4) is 0 Å². The van der Waals surface area contributed by atoms with Crippen LogP contribution in [0, 0.1) is 6.92 Å². The molecule has 1 atom stereocenters. The number of amides is 1. The summed E-state index contributed by atoms with van der Waals surface area (Å²) in [5.41, 5.74) is 3.86. The van der Waals surface area contributed by atoms with Crippen molar-refractivity contribution in [3.05, 3.63) is 65.3 Å². The summed E-state index contributed by atoms with van der Waals surface area (Å²) in [5.74, 6) is 2.02. The number of aliphatic hydroxyl groups excluding tert-OH is 1. The van der Waals surface area contributed by atoms with Crippen LogP contribution in [0.25, 0.3) is 0 Å². The monoisotopic (exact) mass is 625 g/mol. The highest BCUT2D eigenvalue weighted by atomic mass is 32.1. The zero-order valence-corrected chi connectivity index (χ0v) is 26.4. The van der Waals surface area contributed by atoms with E-state index in [4.69, 9.17) is 9.15 Å². The van der Waals surface area contributed by atoms with Gasteiger partial charge in [0.1, 0.15) is 36.0 Å². The summed E-state index contributed by atoms with van der Waals surface area (Å²) in [6, 6.07) is 5.92. The van der Waals surface area contributed by atoms with Gasteiger partial charge in [0.05, 0.1) is 18.8 Å². The summed E-state index contributed by atoms with van der Waals surface area (Å²) >= 11 is 0. The van der Waals surface area contributed by atoms with Crippen LogP contribution in [0.4, 0.5) is 5.82 Å². The number of rotatable bonds is 13. The molecule has 0 saturated carbocycles. The number of anilines is 1. The number of nitrogens with zero attached hydrogens (tertiary/aromatic N) is 5. The average Bonchev–Trinajstić information content (AvgIpc) is 3.54. The van der Waals surface area contributed by atoms with E-state index in [-0.39, 0.29) is 43.5 Å². The normalized spacial score (nSPS) is 16.4. The summed E-state index contributed by atoms with van der Waals surface area (Å²) in [6.07, 6.45) is 6.91. The third-order valence-electron chi connectivity index (χ3n) is 8.17. The largest absolute Gasteiger partial charge is 0.485 e. The van der Waals surface area contributed by atoms with Crippen molar-refractivity contribution in [2.75, 3.05) is 44.6 Å². The van der Waals surface area contributed by atoms with Crippen molar-refractivity contribution in [1.82, 2.24) is 30.1 Å². The third kappa shape index (κ3) is 9.00. The van der Waals surface area contributed by atoms with E-state index in [0.717, 1.165) is 56.8 Å². The molecule has 44 heavy (non-hydrogen) atoms. The molecule has 238 valence electrons. The lowest BCUT2D eigenvalue weighted by molar-refractivity contribution is -0.120. The van der Waals surface area contributed by atoms with Gasteiger partial charge in [-0.05, 0) is 48.9 Å². The molecular formula is C31H43N7O5S. The molecule has 4 heterocycles. The van der Waals surface area contributed by atoms with Crippen LogP contribution in [-0.2, 0) is 24.4 Å². The van der Waals surface area contributed by atoms with E-state index in [1.165, 1.54) is 23.8 Å². The molecule has 0 bridgehead atoms. The van der Waals surface area contributed by atoms with Gasteiger partial charge in [0.15, 0.2) is 12.2 Å². The Kier molecular flexibility index (Phi) is 12.1. The number of fused-ring (bicyclic) bond motifs is 1. The van der Waals surface area contributed by atoms with Crippen molar-refractivity contribution in [3.63, 3.8) is 0 Å². The first kappa shape index (κ1) is 33.4. The fraction of sp³-hybridized carbons (Fsp3) is 0.516. The van der Waals surface area contributed by atoms with Crippen LogP contribution in [0.15, 0.2) is 41.5 Å². The molecule has 3 N–H and O–H groups in total. The van der Waals surface area contributed by atoms with Gasteiger partial charge < -0.3 is 24.9 Å². The number of carbonyl (C=O) groups is 2. The molecule has 0 radical (unpaired) electrons. The topological polar surface area (TPSA) is 146 Å². The highest BCUT2D eigenvalue weighted by molar-refractivity contribution is 7.59. The molecule has 5 rings (SSSR count). The van der Waals surface area contributed by atoms with Gasteiger partial charge in [-0.15, -0.1) is 0 Å². The van der Waals surface area contributed by atoms with Gasteiger partial charge in [0, 0.05) is 57.8 Å². The van der Waals surface area contributed by atoms with E-state index in [9.17, 15) is 14.7 Å². The second-order valence-corrected chi connectivity index (χ2v) is 11.3. The SMILES string of the molecule is CCC(=O)CN1CCC(Nc2cc(C(=O)NC[C@H](O)CN3CCc4c(ccc(OCc5cnco5)c4C)C3)ncn2)CC1.S. The Labute approximate surface area is 265 Å². The molecular weight excluding hydrogens is 582 g/mol. The first-order chi connectivity index (χ1) is 20.9. The summed E-state index contributed by atoms with van der Waals surface area (Å²) in [5, 5.41) is 16.9. The minimum Gasteiger partial charge on any atom is -0.485 e. The number of Topliss-reactive ketones (excluding diaryl/α,β-unsaturated/α-hetero) is 1. The quantitative estimate of drug-likeness (QED) is 0.258. The van der Waals surface area contributed by atoms with Crippen molar-refractivity contribution in [2.24, 2.45) is 0 Å². The lowest BCUT2D eigenvalue weighted by Gasteiger charge is -2.32. The third-order valence-corrected chi connectivity index (χ3v) is 8.17. The number of likely N-dealkylation sites (tertiary alicyclic amines) is 1. The maximum Gasteiger partial charge on any atom is 0.270 e. The summed E-state index contributed by atoms with van der Waals surface area (Å²) in [4.78, 5) is 41.2. The maximum absolute atomic E-state index is 12.8. The van der Waals surface area contributed by atoms with Crippen LogP contribution < -0.4 is 15.4 Å². The molecule has 12 nitrogen and oxygen atoms in total. The Morgan fingerprint density at radius 3 is 2.75 bits per heavy atom. The molecule has 1 aromatic carbocycles. The van der Waals surface area contributed by atoms with Gasteiger partial charge in [0.25, 0.3) is 5.91 Å². The summed E-state index contributed by atoms with van der Waals surface area (Å²) < 4.78 is 11.2. The van der Waals surface area contributed by atoms with Crippen LogP contribution >= 0.6 is 13.5 Å². The Bertz CT molecular complexity index is 1380. The van der Waals surface area contributed by atoms with E-state index >= 15 is 0 Å². The van der Waals surface area contributed by atoms with Crippen molar-refractivity contribution in [2.45, 2.75) is 64.8 Å². The van der Waals surface area contributed by atoms with Gasteiger partial charge >= 0.3 is 0 Å². The Hall–Kier alpha value is -3.52. The highest BCUT2D eigenvalue weighted by Crippen LogP contribution is 2.30. The number of ketones is 1. The molecule has 1 saturated heterocycles. The zero-order valence-electron chi connectivity index (χ0n) is 25.4. The molecule has 0 aliphatic carbocycles. The molecule has 13 heteroatoms. The van der Waals surface area contributed by atoms with E-state index in [0.29, 0.717) is 37.7 Å². The molecule has 1 fully saturated rings. The molecule has 0 spiro atoms. The molecule has 2 aliphatic heterocycles. The van der Waals surface area contributed by atoms with Crippen LogP contribution in [-0.4, -0.2) is 93.0 Å². The minimum absolute atomic E-state index is 0. The van der Waals surface area contributed by atoms with E-state index in [1.54, 1.807) is 12.3 Å².